The number of rotatable bonds is 6. The van der Waals surface area contributed by atoms with Crippen LogP contribution in [0.1, 0.15) is 43.2 Å². The monoisotopic (exact) mass is 468 g/mol. The molecule has 2 aliphatic rings. The van der Waals surface area contributed by atoms with Gasteiger partial charge in [0.1, 0.15) is 12.4 Å². The molecule has 4 nitrogen and oxygen atoms in total. The van der Waals surface area contributed by atoms with Crippen LogP contribution in [0.4, 0.5) is 5.69 Å². The Morgan fingerprint density at radius 2 is 1.65 bits per heavy atom. The summed E-state index contributed by atoms with van der Waals surface area (Å²) in [5.41, 5.74) is 2.94. The second-order valence-electron chi connectivity index (χ2n) is 8.65. The summed E-state index contributed by atoms with van der Waals surface area (Å²) < 4.78 is 5.99. The fourth-order valence-corrected chi connectivity index (χ4v) is 5.48. The number of para-hydroxylation sites is 1. The van der Waals surface area contributed by atoms with Crippen molar-refractivity contribution in [1.29, 1.82) is 0 Å². The molecule has 1 amide bonds. The first-order chi connectivity index (χ1) is 16.8. The lowest BCUT2D eigenvalue weighted by Gasteiger charge is -2.30. The molecule has 0 unspecified atom stereocenters. The van der Waals surface area contributed by atoms with Gasteiger partial charge in [0.15, 0.2) is 5.17 Å². The summed E-state index contributed by atoms with van der Waals surface area (Å²) in [4.78, 5) is 21.0. The van der Waals surface area contributed by atoms with Crippen LogP contribution < -0.4 is 4.74 Å². The fraction of sp³-hybridized carbons (Fsp3) is 0.241. The minimum atomic E-state index is 0.0576. The highest BCUT2D eigenvalue weighted by molar-refractivity contribution is 8.18. The molecule has 0 spiro atoms. The molecule has 0 radical (unpaired) electrons. The lowest BCUT2D eigenvalue weighted by molar-refractivity contribution is -0.124. The molecule has 172 valence electrons. The Labute approximate surface area is 205 Å². The number of thioether (sulfide) groups is 1. The molecular formula is C29H28N2O2S. The van der Waals surface area contributed by atoms with Gasteiger partial charge in [-0.1, -0.05) is 79.9 Å². The zero-order valence-corrected chi connectivity index (χ0v) is 19.9. The molecule has 0 bridgehead atoms. The predicted molar refractivity (Wildman–Crippen MR) is 140 cm³/mol. The molecule has 0 atom stereocenters. The first-order valence-corrected chi connectivity index (χ1v) is 12.7. The van der Waals surface area contributed by atoms with Crippen molar-refractivity contribution in [2.75, 3.05) is 0 Å². The first kappa shape index (κ1) is 22.5. The SMILES string of the molecule is O=C1/C(=C/c2cccc(OCc3ccccc3)c2)SC(=Nc2ccccc2)N1C1CCCCC1. The minimum absolute atomic E-state index is 0.0576. The van der Waals surface area contributed by atoms with Gasteiger partial charge in [-0.05, 0) is 66.1 Å². The highest BCUT2D eigenvalue weighted by Gasteiger charge is 2.38. The Morgan fingerprint density at radius 1 is 0.912 bits per heavy atom. The van der Waals surface area contributed by atoms with Crippen molar-refractivity contribution in [3.05, 3.63) is 101 Å². The minimum Gasteiger partial charge on any atom is -0.489 e. The molecule has 5 heteroatoms. The molecule has 1 heterocycles. The van der Waals surface area contributed by atoms with Crippen LogP contribution in [0.2, 0.25) is 0 Å². The standard InChI is InChI=1S/C29H28N2O2S/c32-28-27(20-23-13-10-18-26(19-23)33-21-22-11-4-1-5-12-22)34-29(30-24-14-6-2-7-15-24)31(28)25-16-8-3-9-17-25/h1-2,4-7,10-15,18-20,25H,3,8-9,16-17,21H2/b27-20-,30-29?. The number of carbonyl (C=O) groups is 1. The lowest BCUT2D eigenvalue weighted by Crippen LogP contribution is -2.40. The number of carbonyl (C=O) groups excluding carboxylic acids is 1. The summed E-state index contributed by atoms with van der Waals surface area (Å²) in [6, 6.07) is 28.1. The van der Waals surface area contributed by atoms with Gasteiger partial charge >= 0.3 is 0 Å². The van der Waals surface area contributed by atoms with E-state index in [1.54, 1.807) is 0 Å². The number of nitrogens with zero attached hydrogens (tertiary/aromatic N) is 2. The first-order valence-electron chi connectivity index (χ1n) is 11.9. The summed E-state index contributed by atoms with van der Waals surface area (Å²) in [5.74, 6) is 0.846. The molecule has 3 aromatic rings. The van der Waals surface area contributed by atoms with E-state index in [2.05, 4.69) is 0 Å². The average molecular weight is 469 g/mol. The quantitative estimate of drug-likeness (QED) is 0.359. The summed E-state index contributed by atoms with van der Waals surface area (Å²) in [7, 11) is 0. The maximum atomic E-state index is 13.5. The van der Waals surface area contributed by atoms with Crippen molar-refractivity contribution in [2.24, 2.45) is 4.99 Å². The Balaban J connectivity index is 1.39. The molecule has 2 fully saturated rings. The van der Waals surface area contributed by atoms with Gasteiger partial charge in [0.05, 0.1) is 10.6 Å². The number of ether oxygens (including phenoxy) is 1. The van der Waals surface area contributed by atoms with Crippen molar-refractivity contribution in [3.8, 4) is 5.75 Å². The molecule has 0 N–H and O–H groups in total. The number of amides is 1. The Hall–Kier alpha value is -3.31. The van der Waals surface area contributed by atoms with E-state index in [0.717, 1.165) is 53.4 Å². The Kier molecular flexibility index (Phi) is 7.10. The second-order valence-corrected chi connectivity index (χ2v) is 9.66. The summed E-state index contributed by atoms with van der Waals surface area (Å²) >= 11 is 1.47. The van der Waals surface area contributed by atoms with E-state index in [1.165, 1.54) is 18.2 Å². The van der Waals surface area contributed by atoms with Crippen LogP contribution in [-0.4, -0.2) is 22.0 Å². The predicted octanol–water partition coefficient (Wildman–Crippen LogP) is 7.20. The van der Waals surface area contributed by atoms with Crippen LogP contribution in [-0.2, 0) is 11.4 Å². The van der Waals surface area contributed by atoms with Gasteiger partial charge in [-0.25, -0.2) is 4.99 Å². The van der Waals surface area contributed by atoms with E-state index in [1.807, 2.05) is 95.9 Å². The molecular weight excluding hydrogens is 440 g/mol. The zero-order chi connectivity index (χ0) is 23.2. The van der Waals surface area contributed by atoms with Crippen LogP contribution in [0, 0.1) is 0 Å². The van der Waals surface area contributed by atoms with Crippen molar-refractivity contribution in [2.45, 2.75) is 44.8 Å². The molecule has 1 saturated heterocycles. The molecule has 1 aliphatic carbocycles. The van der Waals surface area contributed by atoms with Crippen molar-refractivity contribution < 1.29 is 9.53 Å². The van der Waals surface area contributed by atoms with Crippen LogP contribution in [0.25, 0.3) is 6.08 Å². The van der Waals surface area contributed by atoms with Crippen molar-refractivity contribution >= 4 is 34.6 Å². The lowest BCUT2D eigenvalue weighted by atomic mass is 9.94. The zero-order valence-electron chi connectivity index (χ0n) is 19.1. The van der Waals surface area contributed by atoms with E-state index in [9.17, 15) is 4.79 Å². The van der Waals surface area contributed by atoms with E-state index in [4.69, 9.17) is 9.73 Å². The third-order valence-electron chi connectivity index (χ3n) is 6.16. The van der Waals surface area contributed by atoms with E-state index >= 15 is 0 Å². The van der Waals surface area contributed by atoms with Crippen LogP contribution >= 0.6 is 11.8 Å². The van der Waals surface area contributed by atoms with Crippen molar-refractivity contribution in [3.63, 3.8) is 0 Å². The molecule has 0 aromatic heterocycles. The van der Waals surface area contributed by atoms with Gasteiger partial charge in [0, 0.05) is 6.04 Å². The van der Waals surface area contributed by atoms with Crippen LogP contribution in [0.5, 0.6) is 5.75 Å². The second kappa shape index (κ2) is 10.7. The van der Waals surface area contributed by atoms with Gasteiger partial charge in [-0.15, -0.1) is 0 Å². The van der Waals surface area contributed by atoms with E-state index in [0.29, 0.717) is 11.5 Å². The topological polar surface area (TPSA) is 41.9 Å². The molecule has 1 aliphatic heterocycles. The summed E-state index contributed by atoms with van der Waals surface area (Å²) in [6.45, 7) is 0.512. The van der Waals surface area contributed by atoms with E-state index < -0.39 is 0 Å². The number of hydrogen-bond donors (Lipinski definition) is 0. The number of aliphatic imine (C=N–C) groups is 1. The largest absolute Gasteiger partial charge is 0.489 e. The third-order valence-corrected chi connectivity index (χ3v) is 7.14. The van der Waals surface area contributed by atoms with Gasteiger partial charge < -0.3 is 4.74 Å². The fourth-order valence-electron chi connectivity index (χ4n) is 4.43. The summed E-state index contributed by atoms with van der Waals surface area (Å²) in [5, 5.41) is 0.783. The Morgan fingerprint density at radius 3 is 2.41 bits per heavy atom. The number of amidine groups is 1. The highest BCUT2D eigenvalue weighted by atomic mass is 32.2. The molecule has 5 rings (SSSR count). The number of hydrogen-bond acceptors (Lipinski definition) is 4. The molecule has 34 heavy (non-hydrogen) atoms. The van der Waals surface area contributed by atoms with Gasteiger partial charge in [-0.2, -0.15) is 0 Å². The number of benzene rings is 3. The van der Waals surface area contributed by atoms with Gasteiger partial charge in [0.2, 0.25) is 0 Å². The normalized spacial score (nSPS) is 19.2. The van der Waals surface area contributed by atoms with E-state index in [-0.39, 0.29) is 11.9 Å². The summed E-state index contributed by atoms with van der Waals surface area (Å²) in [6.07, 6.45) is 7.61. The van der Waals surface area contributed by atoms with Gasteiger partial charge in [-0.3, -0.25) is 9.69 Å². The maximum absolute atomic E-state index is 13.5. The maximum Gasteiger partial charge on any atom is 0.267 e. The van der Waals surface area contributed by atoms with Crippen molar-refractivity contribution in [1.82, 2.24) is 4.90 Å². The van der Waals surface area contributed by atoms with Crippen LogP contribution in [0.15, 0.2) is 94.8 Å². The van der Waals surface area contributed by atoms with Gasteiger partial charge in [0.25, 0.3) is 5.91 Å². The molecule has 3 aromatic carbocycles. The average Bonchev–Trinajstić information content (AvgIpc) is 3.19. The molecule has 1 saturated carbocycles. The highest BCUT2D eigenvalue weighted by Crippen LogP contribution is 2.38. The third kappa shape index (κ3) is 5.42. The Bertz CT molecular complexity index is 1190. The van der Waals surface area contributed by atoms with Crippen LogP contribution in [0.3, 0.4) is 0 Å². The smallest absolute Gasteiger partial charge is 0.267 e.